The third-order valence-electron chi connectivity index (χ3n) is 2.55. The van der Waals surface area contributed by atoms with E-state index in [1.165, 1.54) is 17.8 Å². The summed E-state index contributed by atoms with van der Waals surface area (Å²) in [6.07, 6.45) is 0. The molecule has 3 heteroatoms. The number of nitrogens with two attached hydrogens (primary N) is 1. The van der Waals surface area contributed by atoms with Crippen LogP contribution in [0.15, 0.2) is 53.4 Å². The van der Waals surface area contributed by atoms with E-state index < -0.39 is 0 Å². The fourth-order valence-electron chi connectivity index (χ4n) is 1.57. The standard InChI is InChI=1S/C14H14FNS/c1-10(11-6-8-12(16)9-7-11)17-14-5-3-2-4-13(14)15/h2-10H,16H2,1H3. The number of rotatable bonds is 3. The van der Waals surface area contributed by atoms with Gasteiger partial charge in [0.15, 0.2) is 0 Å². The summed E-state index contributed by atoms with van der Waals surface area (Å²) < 4.78 is 13.5. The van der Waals surface area contributed by atoms with Crippen LogP contribution in [0.1, 0.15) is 17.7 Å². The largest absolute Gasteiger partial charge is 0.399 e. The van der Waals surface area contributed by atoms with Gasteiger partial charge in [0.05, 0.1) is 0 Å². The number of benzene rings is 2. The van der Waals surface area contributed by atoms with Crippen molar-refractivity contribution in [3.8, 4) is 0 Å². The molecule has 1 unspecified atom stereocenters. The van der Waals surface area contributed by atoms with Gasteiger partial charge < -0.3 is 5.73 Å². The van der Waals surface area contributed by atoms with Gasteiger partial charge in [0.25, 0.3) is 0 Å². The van der Waals surface area contributed by atoms with Crippen molar-refractivity contribution in [3.63, 3.8) is 0 Å². The fourth-order valence-corrected chi connectivity index (χ4v) is 2.58. The van der Waals surface area contributed by atoms with Crippen LogP contribution in [-0.2, 0) is 0 Å². The normalized spacial score (nSPS) is 12.4. The predicted octanol–water partition coefficient (Wildman–Crippen LogP) is 4.26. The highest BCUT2D eigenvalue weighted by Crippen LogP contribution is 2.36. The Morgan fingerprint density at radius 2 is 1.71 bits per heavy atom. The van der Waals surface area contributed by atoms with Gasteiger partial charge in [-0.25, -0.2) is 4.39 Å². The fraction of sp³-hybridized carbons (Fsp3) is 0.143. The summed E-state index contributed by atoms with van der Waals surface area (Å²) in [5.41, 5.74) is 7.53. The van der Waals surface area contributed by atoms with Crippen LogP contribution in [0.2, 0.25) is 0 Å². The van der Waals surface area contributed by atoms with Crippen molar-refractivity contribution < 1.29 is 4.39 Å². The molecule has 88 valence electrons. The van der Waals surface area contributed by atoms with Crippen LogP contribution in [0.3, 0.4) is 0 Å². The van der Waals surface area contributed by atoms with Gasteiger partial charge in [-0.05, 0) is 36.8 Å². The van der Waals surface area contributed by atoms with E-state index in [0.717, 1.165) is 11.3 Å². The molecule has 2 rings (SSSR count). The summed E-state index contributed by atoms with van der Waals surface area (Å²) in [7, 11) is 0. The molecule has 0 aliphatic rings. The zero-order valence-electron chi connectivity index (χ0n) is 9.56. The number of hydrogen-bond acceptors (Lipinski definition) is 2. The molecule has 1 atom stereocenters. The molecule has 0 amide bonds. The van der Waals surface area contributed by atoms with Crippen molar-refractivity contribution in [2.45, 2.75) is 17.1 Å². The van der Waals surface area contributed by atoms with Crippen LogP contribution in [0.5, 0.6) is 0 Å². The number of halogens is 1. The number of hydrogen-bond donors (Lipinski definition) is 1. The van der Waals surface area contributed by atoms with Crippen LogP contribution in [0.4, 0.5) is 10.1 Å². The molecular weight excluding hydrogens is 233 g/mol. The SMILES string of the molecule is CC(Sc1ccccc1F)c1ccc(N)cc1. The molecular formula is C14H14FNS. The highest BCUT2D eigenvalue weighted by atomic mass is 32.2. The van der Waals surface area contributed by atoms with E-state index in [1.807, 2.05) is 30.3 Å². The van der Waals surface area contributed by atoms with Crippen molar-refractivity contribution in [2.75, 3.05) is 5.73 Å². The molecule has 2 aromatic rings. The molecule has 0 spiro atoms. The Labute approximate surface area is 105 Å². The van der Waals surface area contributed by atoms with Crippen molar-refractivity contribution in [3.05, 3.63) is 59.9 Å². The van der Waals surface area contributed by atoms with Crippen molar-refractivity contribution in [1.82, 2.24) is 0 Å². The van der Waals surface area contributed by atoms with Gasteiger partial charge in [0.1, 0.15) is 5.82 Å². The lowest BCUT2D eigenvalue weighted by Gasteiger charge is -2.12. The maximum atomic E-state index is 13.5. The first-order valence-corrected chi connectivity index (χ1v) is 6.31. The zero-order chi connectivity index (χ0) is 12.3. The number of thioether (sulfide) groups is 1. The minimum atomic E-state index is -0.167. The van der Waals surface area contributed by atoms with Crippen molar-refractivity contribution in [2.24, 2.45) is 0 Å². The van der Waals surface area contributed by atoms with E-state index in [-0.39, 0.29) is 11.1 Å². The van der Waals surface area contributed by atoms with Gasteiger partial charge >= 0.3 is 0 Å². The lowest BCUT2D eigenvalue weighted by Crippen LogP contribution is -1.91. The van der Waals surface area contributed by atoms with Gasteiger partial charge in [0, 0.05) is 15.8 Å². The Kier molecular flexibility index (Phi) is 3.69. The average molecular weight is 247 g/mol. The maximum Gasteiger partial charge on any atom is 0.136 e. The smallest absolute Gasteiger partial charge is 0.136 e. The zero-order valence-corrected chi connectivity index (χ0v) is 10.4. The summed E-state index contributed by atoms with van der Waals surface area (Å²) in [5.74, 6) is -0.167. The van der Waals surface area contributed by atoms with Gasteiger partial charge in [-0.1, -0.05) is 24.3 Å². The first-order valence-electron chi connectivity index (χ1n) is 5.43. The molecule has 0 saturated heterocycles. The van der Waals surface area contributed by atoms with Gasteiger partial charge in [-0.15, -0.1) is 11.8 Å². The lowest BCUT2D eigenvalue weighted by atomic mass is 10.1. The molecule has 17 heavy (non-hydrogen) atoms. The molecule has 0 radical (unpaired) electrons. The minimum absolute atomic E-state index is 0.167. The topological polar surface area (TPSA) is 26.0 Å². The Hall–Kier alpha value is -1.48. The van der Waals surface area contributed by atoms with E-state index in [4.69, 9.17) is 5.73 Å². The van der Waals surface area contributed by atoms with Crippen molar-refractivity contribution in [1.29, 1.82) is 0 Å². The Morgan fingerprint density at radius 1 is 1.06 bits per heavy atom. The molecule has 0 fully saturated rings. The van der Waals surface area contributed by atoms with E-state index >= 15 is 0 Å². The van der Waals surface area contributed by atoms with Crippen LogP contribution in [0, 0.1) is 5.82 Å². The van der Waals surface area contributed by atoms with Crippen LogP contribution < -0.4 is 5.73 Å². The van der Waals surface area contributed by atoms with Crippen LogP contribution in [0.25, 0.3) is 0 Å². The summed E-state index contributed by atoms with van der Waals surface area (Å²) in [6.45, 7) is 2.06. The molecule has 1 nitrogen and oxygen atoms in total. The first-order chi connectivity index (χ1) is 8.16. The minimum Gasteiger partial charge on any atom is -0.399 e. The molecule has 0 aromatic heterocycles. The highest BCUT2D eigenvalue weighted by Gasteiger charge is 2.09. The number of anilines is 1. The van der Waals surface area contributed by atoms with E-state index in [1.54, 1.807) is 12.1 Å². The lowest BCUT2D eigenvalue weighted by molar-refractivity contribution is 0.601. The second-order valence-corrected chi connectivity index (χ2v) is 5.24. The van der Waals surface area contributed by atoms with Crippen LogP contribution >= 0.6 is 11.8 Å². The second kappa shape index (κ2) is 5.23. The van der Waals surface area contributed by atoms with Crippen LogP contribution in [-0.4, -0.2) is 0 Å². The molecule has 2 aromatic carbocycles. The Bertz CT molecular complexity index is 496. The quantitative estimate of drug-likeness (QED) is 0.647. The molecule has 2 N–H and O–H groups in total. The van der Waals surface area contributed by atoms with E-state index in [0.29, 0.717) is 4.90 Å². The second-order valence-electron chi connectivity index (χ2n) is 3.86. The maximum absolute atomic E-state index is 13.5. The predicted molar refractivity (Wildman–Crippen MR) is 71.5 cm³/mol. The van der Waals surface area contributed by atoms with Gasteiger partial charge in [-0.2, -0.15) is 0 Å². The summed E-state index contributed by atoms with van der Waals surface area (Å²) in [6, 6.07) is 14.5. The third-order valence-corrected chi connectivity index (χ3v) is 3.76. The van der Waals surface area contributed by atoms with Gasteiger partial charge in [-0.3, -0.25) is 0 Å². The molecule has 0 saturated carbocycles. The molecule has 0 heterocycles. The summed E-state index contributed by atoms with van der Waals surface area (Å²) in [4.78, 5) is 0.678. The molecule has 0 bridgehead atoms. The Balaban J connectivity index is 2.14. The first kappa shape index (κ1) is 12.0. The van der Waals surface area contributed by atoms with Crippen molar-refractivity contribution >= 4 is 17.4 Å². The molecule has 0 aliphatic heterocycles. The summed E-state index contributed by atoms with van der Waals surface area (Å²) >= 11 is 1.51. The average Bonchev–Trinajstić information content (AvgIpc) is 2.33. The number of nitrogen functional groups attached to an aromatic ring is 1. The Morgan fingerprint density at radius 3 is 2.35 bits per heavy atom. The van der Waals surface area contributed by atoms with E-state index in [9.17, 15) is 4.39 Å². The van der Waals surface area contributed by atoms with Gasteiger partial charge in [0.2, 0.25) is 0 Å². The van der Waals surface area contributed by atoms with E-state index in [2.05, 4.69) is 6.92 Å². The highest BCUT2D eigenvalue weighted by molar-refractivity contribution is 7.99. The monoisotopic (exact) mass is 247 g/mol. The summed E-state index contributed by atoms with van der Waals surface area (Å²) in [5, 5.41) is 0.201. The molecule has 0 aliphatic carbocycles. The third kappa shape index (κ3) is 3.01.